The summed E-state index contributed by atoms with van der Waals surface area (Å²) >= 11 is 5.45. The van der Waals surface area contributed by atoms with E-state index in [-0.39, 0.29) is 0 Å². The molecule has 0 aliphatic carbocycles. The van der Waals surface area contributed by atoms with Crippen LogP contribution >= 0.6 is 11.6 Å². The van der Waals surface area contributed by atoms with Gasteiger partial charge >= 0.3 is 0 Å². The summed E-state index contributed by atoms with van der Waals surface area (Å²) in [7, 11) is 0. The Hall–Kier alpha value is -0.0500. The molecule has 1 fully saturated rings. The molecule has 0 amide bonds. The number of nitrogens with one attached hydrogen (secondary N) is 1. The highest BCUT2D eigenvalue weighted by atomic mass is 35.5. The fraction of sp³-hybridized carbons (Fsp3) is 0.750. The van der Waals surface area contributed by atoms with Crippen LogP contribution in [0.25, 0.3) is 0 Å². The molecule has 2 nitrogen and oxygen atoms in total. The molecule has 3 heteroatoms. The molecular formula is C8H15ClN2. The first-order valence-electron chi connectivity index (χ1n) is 4.08. The van der Waals surface area contributed by atoms with Gasteiger partial charge in [0, 0.05) is 31.2 Å². The van der Waals surface area contributed by atoms with Gasteiger partial charge in [0.15, 0.2) is 0 Å². The largest absolute Gasteiger partial charge is 0.314 e. The maximum atomic E-state index is 5.45. The number of hydrogen-bond donors (Lipinski definition) is 1. The van der Waals surface area contributed by atoms with Gasteiger partial charge in [-0.2, -0.15) is 0 Å². The van der Waals surface area contributed by atoms with Gasteiger partial charge in [0.1, 0.15) is 0 Å². The summed E-state index contributed by atoms with van der Waals surface area (Å²) in [6.07, 6.45) is 1.99. The van der Waals surface area contributed by atoms with Crippen molar-refractivity contribution in [1.29, 1.82) is 0 Å². The summed E-state index contributed by atoms with van der Waals surface area (Å²) in [6.45, 7) is 6.52. The molecule has 1 N–H and O–H groups in total. The standard InChI is InChI=1S/C8H15ClN2/c1-2-11(5-3-4-9)8-6-10-7-8/h3-4,8,10H,2,5-7H2,1H3. The third-order valence-corrected chi connectivity index (χ3v) is 2.29. The van der Waals surface area contributed by atoms with Gasteiger partial charge in [0.2, 0.25) is 0 Å². The van der Waals surface area contributed by atoms with Gasteiger partial charge in [-0.1, -0.05) is 24.6 Å². The molecule has 1 heterocycles. The predicted octanol–water partition coefficient (Wildman–Crippen LogP) is 1.03. The summed E-state index contributed by atoms with van der Waals surface area (Å²) in [6, 6.07) is 0.730. The molecule has 0 aromatic rings. The molecule has 0 aromatic carbocycles. The van der Waals surface area contributed by atoms with Crippen LogP contribution in [-0.2, 0) is 0 Å². The van der Waals surface area contributed by atoms with Crippen molar-refractivity contribution in [2.75, 3.05) is 26.2 Å². The van der Waals surface area contributed by atoms with Crippen LogP contribution in [0.4, 0.5) is 0 Å². The Kier molecular flexibility index (Phi) is 3.91. The van der Waals surface area contributed by atoms with Crippen molar-refractivity contribution in [3.05, 3.63) is 11.6 Å². The van der Waals surface area contributed by atoms with Crippen LogP contribution in [0.15, 0.2) is 11.6 Å². The molecule has 0 atom stereocenters. The van der Waals surface area contributed by atoms with E-state index in [9.17, 15) is 0 Å². The van der Waals surface area contributed by atoms with Gasteiger partial charge in [-0.3, -0.25) is 4.90 Å². The minimum absolute atomic E-state index is 0.730. The van der Waals surface area contributed by atoms with Crippen molar-refractivity contribution >= 4 is 11.6 Å². The van der Waals surface area contributed by atoms with Crippen molar-refractivity contribution in [1.82, 2.24) is 10.2 Å². The SMILES string of the molecule is CCN(CC=CCl)C1CNC1. The second kappa shape index (κ2) is 4.75. The summed E-state index contributed by atoms with van der Waals surface area (Å²) in [4.78, 5) is 2.41. The van der Waals surface area contributed by atoms with Gasteiger partial charge in [0.05, 0.1) is 0 Å². The zero-order valence-corrected chi connectivity index (χ0v) is 7.64. The maximum absolute atomic E-state index is 5.45. The van der Waals surface area contributed by atoms with E-state index in [1.165, 1.54) is 0 Å². The Morgan fingerprint density at radius 3 is 2.73 bits per heavy atom. The monoisotopic (exact) mass is 174 g/mol. The number of rotatable bonds is 4. The molecule has 1 aliphatic rings. The Morgan fingerprint density at radius 1 is 1.64 bits per heavy atom. The Morgan fingerprint density at radius 2 is 2.36 bits per heavy atom. The fourth-order valence-corrected chi connectivity index (χ4v) is 1.32. The second-order valence-electron chi connectivity index (χ2n) is 2.76. The molecule has 0 spiro atoms. The van der Waals surface area contributed by atoms with Crippen LogP contribution in [0.2, 0.25) is 0 Å². The van der Waals surface area contributed by atoms with E-state index < -0.39 is 0 Å². The lowest BCUT2D eigenvalue weighted by Crippen LogP contribution is -2.57. The van der Waals surface area contributed by atoms with Gasteiger partial charge in [-0.05, 0) is 6.54 Å². The average molecular weight is 175 g/mol. The quantitative estimate of drug-likeness (QED) is 0.685. The van der Waals surface area contributed by atoms with Crippen molar-refractivity contribution < 1.29 is 0 Å². The van der Waals surface area contributed by atoms with Crippen molar-refractivity contribution in [2.45, 2.75) is 13.0 Å². The fourth-order valence-electron chi connectivity index (χ4n) is 1.24. The highest BCUT2D eigenvalue weighted by Crippen LogP contribution is 2.03. The van der Waals surface area contributed by atoms with E-state index in [1.54, 1.807) is 5.54 Å². The predicted molar refractivity (Wildman–Crippen MR) is 48.9 cm³/mol. The van der Waals surface area contributed by atoms with E-state index in [0.29, 0.717) is 0 Å². The highest BCUT2D eigenvalue weighted by molar-refractivity contribution is 6.25. The lowest BCUT2D eigenvalue weighted by Gasteiger charge is -2.36. The van der Waals surface area contributed by atoms with Crippen LogP contribution in [-0.4, -0.2) is 37.1 Å². The average Bonchev–Trinajstić information content (AvgIpc) is 1.93. The molecule has 1 aliphatic heterocycles. The molecule has 0 unspecified atom stereocenters. The van der Waals surface area contributed by atoms with E-state index >= 15 is 0 Å². The summed E-state index contributed by atoms with van der Waals surface area (Å²) < 4.78 is 0. The number of halogens is 1. The van der Waals surface area contributed by atoms with E-state index in [4.69, 9.17) is 11.6 Å². The lowest BCUT2D eigenvalue weighted by atomic mass is 10.1. The van der Waals surface area contributed by atoms with Gasteiger partial charge < -0.3 is 5.32 Å². The van der Waals surface area contributed by atoms with Crippen LogP contribution < -0.4 is 5.32 Å². The van der Waals surface area contributed by atoms with E-state index in [2.05, 4.69) is 17.1 Å². The van der Waals surface area contributed by atoms with Gasteiger partial charge in [-0.15, -0.1) is 0 Å². The Labute approximate surface area is 73.2 Å². The summed E-state index contributed by atoms with van der Waals surface area (Å²) in [5.74, 6) is 0. The van der Waals surface area contributed by atoms with Gasteiger partial charge in [0.25, 0.3) is 0 Å². The number of likely N-dealkylation sites (N-methyl/N-ethyl adjacent to an activating group) is 1. The first-order chi connectivity index (χ1) is 5.38. The smallest absolute Gasteiger partial charge is 0.0348 e. The van der Waals surface area contributed by atoms with Gasteiger partial charge in [-0.25, -0.2) is 0 Å². The normalized spacial score (nSPS) is 19.5. The third kappa shape index (κ3) is 2.47. The van der Waals surface area contributed by atoms with Crippen molar-refractivity contribution in [2.24, 2.45) is 0 Å². The Bertz CT molecular complexity index is 132. The zero-order chi connectivity index (χ0) is 8.10. The molecule has 0 saturated carbocycles. The topological polar surface area (TPSA) is 15.3 Å². The summed E-state index contributed by atoms with van der Waals surface area (Å²) in [5, 5.41) is 3.25. The second-order valence-corrected chi connectivity index (χ2v) is 3.01. The maximum Gasteiger partial charge on any atom is 0.0348 e. The van der Waals surface area contributed by atoms with Crippen molar-refractivity contribution in [3.63, 3.8) is 0 Å². The highest BCUT2D eigenvalue weighted by Gasteiger charge is 2.21. The van der Waals surface area contributed by atoms with Crippen LogP contribution in [0.5, 0.6) is 0 Å². The Balaban J connectivity index is 2.23. The van der Waals surface area contributed by atoms with Crippen LogP contribution in [0, 0.1) is 0 Å². The molecule has 11 heavy (non-hydrogen) atoms. The molecule has 1 saturated heterocycles. The number of hydrogen-bond acceptors (Lipinski definition) is 2. The van der Waals surface area contributed by atoms with Crippen LogP contribution in [0.1, 0.15) is 6.92 Å². The zero-order valence-electron chi connectivity index (χ0n) is 6.89. The molecule has 0 bridgehead atoms. The minimum Gasteiger partial charge on any atom is -0.314 e. The molecule has 64 valence electrons. The first-order valence-corrected chi connectivity index (χ1v) is 4.52. The van der Waals surface area contributed by atoms with Crippen molar-refractivity contribution in [3.8, 4) is 0 Å². The van der Waals surface area contributed by atoms with E-state index in [0.717, 1.165) is 32.2 Å². The minimum atomic E-state index is 0.730. The lowest BCUT2D eigenvalue weighted by molar-refractivity contribution is 0.169. The van der Waals surface area contributed by atoms with Crippen LogP contribution in [0.3, 0.4) is 0 Å². The molecular weight excluding hydrogens is 160 g/mol. The third-order valence-electron chi connectivity index (χ3n) is 2.11. The number of nitrogens with zero attached hydrogens (tertiary/aromatic N) is 1. The first kappa shape index (κ1) is 9.04. The molecule has 0 aromatic heterocycles. The van der Waals surface area contributed by atoms with E-state index in [1.807, 2.05) is 6.08 Å². The molecule has 0 radical (unpaired) electrons. The summed E-state index contributed by atoms with van der Waals surface area (Å²) in [5.41, 5.74) is 1.59. The molecule has 1 rings (SSSR count).